The molecule has 0 heterocycles. The Morgan fingerprint density at radius 3 is 1.11 bits per heavy atom. The highest BCUT2D eigenvalue weighted by molar-refractivity contribution is 14.1. The number of phenols is 2. The Kier molecular flexibility index (Phi) is 6.01. The second kappa shape index (κ2) is 7.86. The van der Waals surface area contributed by atoms with E-state index in [1.54, 1.807) is 12.1 Å². The summed E-state index contributed by atoms with van der Waals surface area (Å²) in [5.41, 5.74) is 4.49. The zero-order valence-corrected chi connectivity index (χ0v) is 20.7. The van der Waals surface area contributed by atoms with Gasteiger partial charge in [-0.2, -0.15) is 0 Å². The predicted molar refractivity (Wildman–Crippen MR) is 132 cm³/mol. The van der Waals surface area contributed by atoms with Crippen LogP contribution in [0.25, 0.3) is 0 Å². The van der Waals surface area contributed by atoms with Crippen LogP contribution in [0, 0.1) is 7.14 Å². The van der Waals surface area contributed by atoms with Gasteiger partial charge in [-0.05, 0) is 91.7 Å². The van der Waals surface area contributed by atoms with E-state index in [-0.39, 0.29) is 10.8 Å². The Bertz CT molecular complexity index is 923. The predicted octanol–water partition coefficient (Wildman–Crippen LogP) is 6.96. The lowest BCUT2D eigenvalue weighted by atomic mass is 9.74. The highest BCUT2D eigenvalue weighted by Crippen LogP contribution is 2.38. The van der Waals surface area contributed by atoms with Gasteiger partial charge in [-0.15, -0.1) is 0 Å². The maximum atomic E-state index is 9.83. The van der Waals surface area contributed by atoms with Crippen LogP contribution in [0.2, 0.25) is 0 Å². The Hall–Kier alpha value is -1.28. The molecular formula is C24H24I2O2. The maximum absolute atomic E-state index is 9.83. The molecule has 146 valence electrons. The smallest absolute Gasteiger partial charge is 0.128 e. The summed E-state index contributed by atoms with van der Waals surface area (Å²) in [4.78, 5) is 0. The molecule has 4 heteroatoms. The SMILES string of the molecule is CC(C)(c1ccc(C(C)(C)c2ccc(O)c(I)c2)cc1)c1ccc(O)c(I)c1. The molecule has 0 fully saturated rings. The highest BCUT2D eigenvalue weighted by atomic mass is 127. The van der Waals surface area contributed by atoms with Gasteiger partial charge in [-0.3, -0.25) is 0 Å². The molecule has 3 rings (SSSR count). The van der Waals surface area contributed by atoms with Gasteiger partial charge in [0.2, 0.25) is 0 Å². The van der Waals surface area contributed by atoms with Crippen LogP contribution in [0.3, 0.4) is 0 Å². The van der Waals surface area contributed by atoms with Crippen LogP contribution in [0.5, 0.6) is 11.5 Å². The van der Waals surface area contributed by atoms with Crippen molar-refractivity contribution < 1.29 is 10.2 Å². The van der Waals surface area contributed by atoms with Gasteiger partial charge in [-0.1, -0.05) is 64.1 Å². The van der Waals surface area contributed by atoms with Crippen molar-refractivity contribution in [3.8, 4) is 11.5 Å². The second-order valence-corrected chi connectivity index (χ2v) is 10.5. The molecule has 2 nitrogen and oxygen atoms in total. The molecule has 0 unspecified atom stereocenters. The fraction of sp³-hybridized carbons (Fsp3) is 0.250. The fourth-order valence-electron chi connectivity index (χ4n) is 3.43. The summed E-state index contributed by atoms with van der Waals surface area (Å²) < 4.78 is 1.73. The molecule has 3 aromatic carbocycles. The summed E-state index contributed by atoms with van der Waals surface area (Å²) in [7, 11) is 0. The van der Waals surface area contributed by atoms with Crippen molar-refractivity contribution in [2.45, 2.75) is 38.5 Å². The van der Waals surface area contributed by atoms with Crippen LogP contribution in [0.4, 0.5) is 0 Å². The van der Waals surface area contributed by atoms with Crippen LogP contribution in [-0.4, -0.2) is 10.2 Å². The number of aromatic hydroxyl groups is 2. The van der Waals surface area contributed by atoms with Crippen molar-refractivity contribution in [2.24, 2.45) is 0 Å². The van der Waals surface area contributed by atoms with Gasteiger partial charge >= 0.3 is 0 Å². The van der Waals surface area contributed by atoms with Crippen LogP contribution >= 0.6 is 45.2 Å². The second-order valence-electron chi connectivity index (χ2n) is 8.16. The van der Waals surface area contributed by atoms with E-state index in [1.165, 1.54) is 22.3 Å². The first-order valence-corrected chi connectivity index (χ1v) is 11.3. The lowest BCUT2D eigenvalue weighted by Gasteiger charge is -2.30. The molecule has 3 aromatic rings. The molecule has 0 spiro atoms. The molecule has 28 heavy (non-hydrogen) atoms. The largest absolute Gasteiger partial charge is 0.507 e. The van der Waals surface area contributed by atoms with Gasteiger partial charge in [0.25, 0.3) is 0 Å². The molecule has 0 saturated heterocycles. The van der Waals surface area contributed by atoms with E-state index in [4.69, 9.17) is 0 Å². The number of hydrogen-bond donors (Lipinski definition) is 2. The van der Waals surface area contributed by atoms with E-state index < -0.39 is 0 Å². The molecule has 0 atom stereocenters. The summed E-state index contributed by atoms with van der Waals surface area (Å²) in [6.07, 6.45) is 0. The molecule has 0 saturated carbocycles. The van der Waals surface area contributed by atoms with Crippen LogP contribution in [0.1, 0.15) is 49.9 Å². The Labute approximate surface area is 194 Å². The van der Waals surface area contributed by atoms with E-state index in [9.17, 15) is 10.2 Å². The van der Waals surface area contributed by atoms with Gasteiger partial charge in [0.05, 0.1) is 7.14 Å². The van der Waals surface area contributed by atoms with Crippen LogP contribution < -0.4 is 0 Å². The van der Waals surface area contributed by atoms with Gasteiger partial charge in [0.1, 0.15) is 11.5 Å². The van der Waals surface area contributed by atoms with E-state index in [0.29, 0.717) is 11.5 Å². The van der Waals surface area contributed by atoms with E-state index >= 15 is 0 Å². The van der Waals surface area contributed by atoms with Crippen LogP contribution in [0.15, 0.2) is 60.7 Å². The first kappa shape index (κ1) is 21.4. The van der Waals surface area contributed by atoms with E-state index in [1.807, 2.05) is 24.3 Å². The average Bonchev–Trinajstić information content (AvgIpc) is 2.66. The first-order chi connectivity index (χ1) is 13.0. The minimum Gasteiger partial charge on any atom is -0.507 e. The normalized spacial score (nSPS) is 12.2. The molecular weight excluding hydrogens is 574 g/mol. The Morgan fingerprint density at radius 1 is 0.536 bits per heavy atom. The van der Waals surface area contributed by atoms with E-state index in [0.717, 1.165) is 7.14 Å². The third kappa shape index (κ3) is 4.03. The maximum Gasteiger partial charge on any atom is 0.128 e. The average molecular weight is 598 g/mol. The third-order valence-electron chi connectivity index (χ3n) is 5.67. The monoisotopic (exact) mass is 598 g/mol. The van der Waals surface area contributed by atoms with Crippen LogP contribution in [-0.2, 0) is 10.8 Å². The quantitative estimate of drug-likeness (QED) is 0.319. The van der Waals surface area contributed by atoms with Crippen molar-refractivity contribution in [3.05, 3.63) is 90.1 Å². The van der Waals surface area contributed by atoms with Crippen molar-refractivity contribution >= 4 is 45.2 Å². The molecule has 2 N–H and O–H groups in total. The van der Waals surface area contributed by atoms with Crippen molar-refractivity contribution in [2.75, 3.05) is 0 Å². The fourth-order valence-corrected chi connectivity index (χ4v) is 4.46. The summed E-state index contributed by atoms with van der Waals surface area (Å²) in [6.45, 7) is 8.83. The third-order valence-corrected chi connectivity index (χ3v) is 7.40. The molecule has 0 aliphatic heterocycles. The van der Waals surface area contributed by atoms with Gasteiger partial charge < -0.3 is 10.2 Å². The number of benzene rings is 3. The lowest BCUT2D eigenvalue weighted by Crippen LogP contribution is -2.21. The first-order valence-electron chi connectivity index (χ1n) is 9.12. The highest BCUT2D eigenvalue weighted by Gasteiger charge is 2.27. The molecule has 0 radical (unpaired) electrons. The zero-order valence-electron chi connectivity index (χ0n) is 16.4. The molecule has 0 aliphatic rings. The lowest BCUT2D eigenvalue weighted by molar-refractivity contribution is 0.470. The molecule has 0 aliphatic carbocycles. The van der Waals surface area contributed by atoms with Gasteiger partial charge in [0, 0.05) is 10.8 Å². The standard InChI is InChI=1S/C24H24I2O2/c1-23(2,17-9-11-21(27)19(25)13-17)15-5-7-16(8-6-15)24(3,4)18-10-12-22(28)20(26)14-18/h5-14,27-28H,1-4H3. The van der Waals surface area contributed by atoms with Gasteiger partial charge in [-0.25, -0.2) is 0 Å². The number of rotatable bonds is 4. The van der Waals surface area contributed by atoms with Crippen molar-refractivity contribution in [1.82, 2.24) is 0 Å². The Morgan fingerprint density at radius 2 is 0.821 bits per heavy atom. The number of halogens is 2. The summed E-state index contributed by atoms with van der Waals surface area (Å²) in [5, 5.41) is 19.7. The summed E-state index contributed by atoms with van der Waals surface area (Å²) in [5.74, 6) is 0.640. The van der Waals surface area contributed by atoms with E-state index in [2.05, 4.69) is 97.1 Å². The molecule has 0 aromatic heterocycles. The summed E-state index contributed by atoms with van der Waals surface area (Å²) >= 11 is 4.34. The van der Waals surface area contributed by atoms with Crippen molar-refractivity contribution in [1.29, 1.82) is 0 Å². The minimum atomic E-state index is -0.162. The topological polar surface area (TPSA) is 40.5 Å². The number of hydrogen-bond acceptors (Lipinski definition) is 2. The minimum absolute atomic E-state index is 0.162. The molecule has 0 amide bonds. The zero-order chi connectivity index (χ0) is 20.7. The number of phenolic OH excluding ortho intramolecular Hbond substituents is 2. The summed E-state index contributed by atoms with van der Waals surface area (Å²) in [6, 6.07) is 20.4. The van der Waals surface area contributed by atoms with Gasteiger partial charge in [0.15, 0.2) is 0 Å². The van der Waals surface area contributed by atoms with Crippen molar-refractivity contribution in [3.63, 3.8) is 0 Å². The molecule has 0 bridgehead atoms. The Balaban J connectivity index is 1.95.